The van der Waals surface area contributed by atoms with Crippen molar-refractivity contribution in [2.24, 2.45) is 5.92 Å². The van der Waals surface area contributed by atoms with Crippen LogP contribution in [0.5, 0.6) is 11.6 Å². The Morgan fingerprint density at radius 2 is 1.88 bits per heavy atom. The van der Waals surface area contributed by atoms with E-state index in [1.54, 1.807) is 0 Å². The van der Waals surface area contributed by atoms with Gasteiger partial charge in [-0.1, -0.05) is 55.8 Å². The minimum absolute atomic E-state index is 0.217. The van der Waals surface area contributed by atoms with Crippen LogP contribution in [0.2, 0.25) is 0 Å². The van der Waals surface area contributed by atoms with Crippen LogP contribution in [0, 0.1) is 5.92 Å². The highest BCUT2D eigenvalue weighted by molar-refractivity contribution is 5.47. The van der Waals surface area contributed by atoms with Crippen molar-refractivity contribution in [3.05, 3.63) is 89.1 Å². The molecule has 3 aromatic rings. The SMILES string of the molecule is CCCC1CN(CCOc2ccc([C@@H]3c4ccc(O)cc4CC[C@@H]3c3ccccc3)cn2)C1. The second kappa shape index (κ2) is 9.96. The molecular weight excluding hydrogens is 408 g/mol. The normalized spacial score (nSPS) is 20.8. The third-order valence-electron chi connectivity index (χ3n) is 7.32. The summed E-state index contributed by atoms with van der Waals surface area (Å²) in [5.41, 5.74) is 5.09. The number of aryl methyl sites for hydroxylation is 1. The number of hydrogen-bond donors (Lipinski definition) is 1. The first-order chi connectivity index (χ1) is 16.2. The number of hydrogen-bond acceptors (Lipinski definition) is 4. The van der Waals surface area contributed by atoms with E-state index >= 15 is 0 Å². The largest absolute Gasteiger partial charge is 0.508 e. The summed E-state index contributed by atoms with van der Waals surface area (Å²) in [6.07, 6.45) is 6.64. The molecule has 0 saturated carbocycles. The van der Waals surface area contributed by atoms with Gasteiger partial charge in [-0.3, -0.25) is 4.90 Å². The summed E-state index contributed by atoms with van der Waals surface area (Å²) in [7, 11) is 0. The zero-order chi connectivity index (χ0) is 22.6. The number of aromatic nitrogens is 1. The summed E-state index contributed by atoms with van der Waals surface area (Å²) in [6.45, 7) is 6.34. The lowest BCUT2D eigenvalue weighted by atomic mass is 9.69. The van der Waals surface area contributed by atoms with Crippen LogP contribution in [0.25, 0.3) is 0 Å². The molecule has 1 aliphatic carbocycles. The molecule has 1 fully saturated rings. The predicted octanol–water partition coefficient (Wildman–Crippen LogP) is 5.76. The highest BCUT2D eigenvalue weighted by Gasteiger charge is 2.32. The molecule has 0 spiro atoms. The molecule has 2 aliphatic rings. The summed E-state index contributed by atoms with van der Waals surface area (Å²) in [6, 6.07) is 20.8. The van der Waals surface area contributed by atoms with Gasteiger partial charge < -0.3 is 9.84 Å². The number of fused-ring (bicyclic) bond motifs is 1. The zero-order valence-electron chi connectivity index (χ0n) is 19.5. The minimum Gasteiger partial charge on any atom is -0.508 e. The van der Waals surface area contributed by atoms with E-state index in [4.69, 9.17) is 4.74 Å². The number of nitrogens with zero attached hydrogens (tertiary/aromatic N) is 2. The Bertz CT molecular complexity index is 1040. The molecule has 1 aliphatic heterocycles. The second-order valence-corrected chi connectivity index (χ2v) is 9.61. The lowest BCUT2D eigenvalue weighted by Gasteiger charge is -2.39. The maximum atomic E-state index is 10.0. The van der Waals surface area contributed by atoms with Gasteiger partial charge in [0, 0.05) is 37.8 Å². The van der Waals surface area contributed by atoms with Crippen molar-refractivity contribution in [3.8, 4) is 11.6 Å². The lowest BCUT2D eigenvalue weighted by molar-refractivity contribution is 0.0764. The number of pyridine rings is 1. The first-order valence-corrected chi connectivity index (χ1v) is 12.4. The van der Waals surface area contributed by atoms with Crippen molar-refractivity contribution in [1.82, 2.24) is 9.88 Å². The van der Waals surface area contributed by atoms with Gasteiger partial charge in [-0.25, -0.2) is 4.98 Å². The van der Waals surface area contributed by atoms with Gasteiger partial charge >= 0.3 is 0 Å². The third-order valence-corrected chi connectivity index (χ3v) is 7.32. The molecular formula is C29H34N2O2. The van der Waals surface area contributed by atoms with E-state index in [0.717, 1.165) is 25.3 Å². The highest BCUT2D eigenvalue weighted by Crippen LogP contribution is 2.46. The van der Waals surface area contributed by atoms with E-state index in [0.29, 0.717) is 24.2 Å². The lowest BCUT2D eigenvalue weighted by Crippen LogP contribution is -2.48. The molecule has 33 heavy (non-hydrogen) atoms. The number of ether oxygens (including phenoxy) is 1. The molecule has 1 aromatic heterocycles. The van der Waals surface area contributed by atoms with Crippen molar-refractivity contribution in [1.29, 1.82) is 0 Å². The molecule has 0 bridgehead atoms. The Kier molecular flexibility index (Phi) is 6.63. The van der Waals surface area contributed by atoms with Gasteiger partial charge in [0.05, 0.1) is 0 Å². The Hall–Kier alpha value is -2.85. The molecule has 2 atom stereocenters. The molecule has 2 aromatic carbocycles. The molecule has 2 heterocycles. The number of rotatable bonds is 8. The average molecular weight is 443 g/mol. The van der Waals surface area contributed by atoms with Crippen LogP contribution in [0.1, 0.15) is 60.3 Å². The van der Waals surface area contributed by atoms with E-state index in [2.05, 4.69) is 59.3 Å². The van der Waals surface area contributed by atoms with E-state index in [9.17, 15) is 5.11 Å². The predicted molar refractivity (Wildman–Crippen MR) is 132 cm³/mol. The van der Waals surface area contributed by atoms with E-state index in [1.165, 1.54) is 48.2 Å². The van der Waals surface area contributed by atoms with Crippen LogP contribution in [0.15, 0.2) is 66.9 Å². The Balaban J connectivity index is 1.30. The van der Waals surface area contributed by atoms with Crippen LogP contribution in [0.4, 0.5) is 0 Å². The van der Waals surface area contributed by atoms with E-state index < -0.39 is 0 Å². The quantitative estimate of drug-likeness (QED) is 0.482. The van der Waals surface area contributed by atoms with Crippen molar-refractivity contribution in [3.63, 3.8) is 0 Å². The maximum absolute atomic E-state index is 10.0. The van der Waals surface area contributed by atoms with Gasteiger partial charge in [-0.05, 0) is 65.5 Å². The summed E-state index contributed by atoms with van der Waals surface area (Å²) in [5, 5.41) is 10.0. The van der Waals surface area contributed by atoms with Gasteiger partial charge in [0.1, 0.15) is 12.4 Å². The van der Waals surface area contributed by atoms with Gasteiger partial charge in [0.2, 0.25) is 5.88 Å². The number of phenols is 1. The van der Waals surface area contributed by atoms with Gasteiger partial charge in [0.15, 0.2) is 0 Å². The van der Waals surface area contributed by atoms with Gasteiger partial charge in [0.25, 0.3) is 0 Å². The van der Waals surface area contributed by atoms with Crippen LogP contribution in [0.3, 0.4) is 0 Å². The molecule has 0 unspecified atom stereocenters. The zero-order valence-corrected chi connectivity index (χ0v) is 19.5. The van der Waals surface area contributed by atoms with Crippen molar-refractivity contribution in [2.45, 2.75) is 44.4 Å². The number of aromatic hydroxyl groups is 1. The first kappa shape index (κ1) is 22.0. The molecule has 1 saturated heterocycles. The maximum Gasteiger partial charge on any atom is 0.213 e. The number of likely N-dealkylation sites (tertiary alicyclic amines) is 1. The monoisotopic (exact) mass is 442 g/mol. The summed E-state index contributed by atoms with van der Waals surface area (Å²) in [4.78, 5) is 7.13. The van der Waals surface area contributed by atoms with Gasteiger partial charge in [-0.2, -0.15) is 0 Å². The Morgan fingerprint density at radius 3 is 2.64 bits per heavy atom. The van der Waals surface area contributed by atoms with Crippen molar-refractivity contribution in [2.75, 3.05) is 26.2 Å². The molecule has 5 rings (SSSR count). The van der Waals surface area contributed by atoms with Crippen LogP contribution < -0.4 is 4.74 Å². The summed E-state index contributed by atoms with van der Waals surface area (Å²) < 4.78 is 5.96. The second-order valence-electron chi connectivity index (χ2n) is 9.61. The van der Waals surface area contributed by atoms with E-state index in [-0.39, 0.29) is 5.92 Å². The van der Waals surface area contributed by atoms with E-state index in [1.807, 2.05) is 24.4 Å². The highest BCUT2D eigenvalue weighted by atomic mass is 16.5. The molecule has 172 valence electrons. The number of phenolic OH excluding ortho intramolecular Hbond substituents is 1. The molecule has 0 amide bonds. The van der Waals surface area contributed by atoms with Crippen molar-refractivity contribution >= 4 is 0 Å². The summed E-state index contributed by atoms with van der Waals surface area (Å²) in [5.74, 6) is 2.53. The Morgan fingerprint density at radius 1 is 1.03 bits per heavy atom. The molecule has 1 N–H and O–H groups in total. The molecule has 0 radical (unpaired) electrons. The molecule has 4 nitrogen and oxygen atoms in total. The minimum atomic E-state index is 0.217. The third kappa shape index (κ3) is 4.91. The fraction of sp³-hybridized carbons (Fsp3) is 0.414. The smallest absolute Gasteiger partial charge is 0.213 e. The van der Waals surface area contributed by atoms with Crippen LogP contribution >= 0.6 is 0 Å². The summed E-state index contributed by atoms with van der Waals surface area (Å²) >= 11 is 0. The Labute approximate surface area is 197 Å². The average Bonchev–Trinajstić information content (AvgIpc) is 2.82. The van der Waals surface area contributed by atoms with Crippen LogP contribution in [-0.2, 0) is 6.42 Å². The topological polar surface area (TPSA) is 45.6 Å². The van der Waals surface area contributed by atoms with Crippen molar-refractivity contribution < 1.29 is 9.84 Å². The fourth-order valence-corrected chi connectivity index (χ4v) is 5.67. The standard InChI is InChI=1S/C29H34N2O2/c1-2-6-21-19-31(20-21)15-16-33-28-14-10-24(18-30-28)29-26(22-7-4-3-5-8-22)12-9-23-17-25(32)11-13-27(23)29/h3-5,7-8,10-11,13-14,17-18,21,26,29,32H,2,6,9,12,15-16,19-20H2,1H3/t26-,29+/m1/s1. The van der Waals surface area contributed by atoms with Crippen LogP contribution in [-0.4, -0.2) is 41.2 Å². The number of benzene rings is 2. The molecule has 4 heteroatoms. The first-order valence-electron chi connectivity index (χ1n) is 12.4. The fourth-order valence-electron chi connectivity index (χ4n) is 5.67. The van der Waals surface area contributed by atoms with Gasteiger partial charge in [-0.15, -0.1) is 0 Å².